The van der Waals surface area contributed by atoms with Crippen LogP contribution >= 0.6 is 0 Å². The van der Waals surface area contributed by atoms with Crippen molar-refractivity contribution < 1.29 is 17.9 Å². The van der Waals surface area contributed by atoms with Gasteiger partial charge in [0.2, 0.25) is 10.0 Å². The highest BCUT2D eigenvalue weighted by Gasteiger charge is 2.34. The first-order valence-electron chi connectivity index (χ1n) is 7.06. The molecule has 0 saturated carbocycles. The van der Waals surface area contributed by atoms with E-state index in [-0.39, 0.29) is 17.1 Å². The van der Waals surface area contributed by atoms with Gasteiger partial charge in [0.05, 0.1) is 19.3 Å². The maximum Gasteiger partial charge on any atom is 0.246 e. The third-order valence-electron chi connectivity index (χ3n) is 3.78. The Kier molecular flexibility index (Phi) is 4.60. The minimum absolute atomic E-state index is 0.110. The zero-order valence-corrected chi connectivity index (χ0v) is 14.0. The van der Waals surface area contributed by atoms with Gasteiger partial charge in [0.1, 0.15) is 10.6 Å². The second-order valence-electron chi connectivity index (χ2n) is 5.67. The molecule has 1 aliphatic rings. The van der Waals surface area contributed by atoms with Gasteiger partial charge >= 0.3 is 0 Å². The van der Waals surface area contributed by atoms with E-state index in [1.165, 1.54) is 11.4 Å². The number of morpholine rings is 1. The second kappa shape index (κ2) is 5.94. The van der Waals surface area contributed by atoms with E-state index in [2.05, 4.69) is 0 Å². The quantitative estimate of drug-likeness (QED) is 0.857. The number of methoxy groups -OCH3 is 1. The summed E-state index contributed by atoms with van der Waals surface area (Å²) in [7, 11) is -2.09. The second-order valence-corrected chi connectivity index (χ2v) is 7.57. The van der Waals surface area contributed by atoms with Gasteiger partial charge in [-0.3, -0.25) is 0 Å². The van der Waals surface area contributed by atoms with Gasteiger partial charge < -0.3 is 9.47 Å². The summed E-state index contributed by atoms with van der Waals surface area (Å²) in [4.78, 5) is 0.231. The van der Waals surface area contributed by atoms with Crippen molar-refractivity contribution in [3.63, 3.8) is 0 Å². The van der Waals surface area contributed by atoms with E-state index in [4.69, 9.17) is 9.47 Å². The van der Waals surface area contributed by atoms with Crippen LogP contribution in [0.1, 0.15) is 25.0 Å². The molecule has 1 aromatic carbocycles. The van der Waals surface area contributed by atoms with Gasteiger partial charge in [0.25, 0.3) is 0 Å². The van der Waals surface area contributed by atoms with E-state index in [1.54, 1.807) is 12.1 Å². The summed E-state index contributed by atoms with van der Waals surface area (Å²) in [5, 5.41) is 0. The molecular formula is C15H23NO4S. The van der Waals surface area contributed by atoms with Gasteiger partial charge in [-0.25, -0.2) is 8.42 Å². The zero-order valence-electron chi connectivity index (χ0n) is 13.2. The van der Waals surface area contributed by atoms with Crippen molar-refractivity contribution in [1.29, 1.82) is 0 Å². The van der Waals surface area contributed by atoms with Crippen LogP contribution in [0.15, 0.2) is 17.0 Å². The molecule has 0 radical (unpaired) electrons. The topological polar surface area (TPSA) is 55.8 Å². The monoisotopic (exact) mass is 313 g/mol. The molecule has 0 N–H and O–H groups in total. The number of rotatable bonds is 3. The van der Waals surface area contributed by atoms with Crippen molar-refractivity contribution in [1.82, 2.24) is 4.31 Å². The minimum Gasteiger partial charge on any atom is -0.495 e. The lowest BCUT2D eigenvalue weighted by Gasteiger charge is -2.34. The van der Waals surface area contributed by atoms with Crippen molar-refractivity contribution in [2.45, 2.75) is 44.8 Å². The van der Waals surface area contributed by atoms with E-state index < -0.39 is 10.0 Å². The van der Waals surface area contributed by atoms with E-state index >= 15 is 0 Å². The van der Waals surface area contributed by atoms with Crippen LogP contribution in [0.25, 0.3) is 0 Å². The summed E-state index contributed by atoms with van der Waals surface area (Å²) in [6.45, 7) is 8.34. The molecule has 0 amide bonds. The van der Waals surface area contributed by atoms with E-state index in [1.807, 2.05) is 27.7 Å². The molecule has 6 heteroatoms. The van der Waals surface area contributed by atoms with Crippen LogP contribution in [-0.4, -0.2) is 45.1 Å². The maximum atomic E-state index is 12.9. The van der Waals surface area contributed by atoms with Gasteiger partial charge in [-0.2, -0.15) is 4.31 Å². The summed E-state index contributed by atoms with van der Waals surface area (Å²) in [5.74, 6) is 0.393. The molecule has 118 valence electrons. The molecular weight excluding hydrogens is 290 g/mol. The van der Waals surface area contributed by atoms with Gasteiger partial charge in [-0.15, -0.1) is 0 Å². The van der Waals surface area contributed by atoms with Gasteiger partial charge in [0.15, 0.2) is 0 Å². The first-order chi connectivity index (χ1) is 9.75. The first kappa shape index (κ1) is 16.3. The largest absolute Gasteiger partial charge is 0.495 e. The van der Waals surface area contributed by atoms with E-state index in [0.29, 0.717) is 18.8 Å². The highest BCUT2D eigenvalue weighted by molar-refractivity contribution is 7.89. The van der Waals surface area contributed by atoms with Gasteiger partial charge in [-0.05, 0) is 51.0 Å². The smallest absolute Gasteiger partial charge is 0.246 e. The third-order valence-corrected chi connectivity index (χ3v) is 5.64. The van der Waals surface area contributed by atoms with Crippen LogP contribution in [-0.2, 0) is 14.8 Å². The van der Waals surface area contributed by atoms with Crippen molar-refractivity contribution >= 4 is 10.0 Å². The molecule has 1 aromatic rings. The number of hydrogen-bond donors (Lipinski definition) is 0. The number of benzene rings is 1. The predicted molar refractivity (Wildman–Crippen MR) is 81.2 cm³/mol. The number of ether oxygens (including phenoxy) is 2. The molecule has 1 fully saturated rings. The molecule has 1 aliphatic heterocycles. The SMILES string of the molecule is COc1cc(C)c(C)cc1S(=O)(=O)N1C[C@@H](C)O[C@@H](C)C1. The molecule has 2 rings (SSSR count). The average molecular weight is 313 g/mol. The Morgan fingerprint density at radius 3 is 2.19 bits per heavy atom. The summed E-state index contributed by atoms with van der Waals surface area (Å²) < 4.78 is 38.2. The molecule has 1 saturated heterocycles. The Morgan fingerprint density at radius 1 is 1.14 bits per heavy atom. The molecule has 21 heavy (non-hydrogen) atoms. The minimum atomic E-state index is -3.58. The summed E-state index contributed by atoms with van der Waals surface area (Å²) >= 11 is 0. The molecule has 1 heterocycles. The van der Waals surface area contributed by atoms with E-state index in [0.717, 1.165) is 11.1 Å². The van der Waals surface area contributed by atoms with Crippen LogP contribution in [0.5, 0.6) is 5.75 Å². The highest BCUT2D eigenvalue weighted by Crippen LogP contribution is 2.31. The lowest BCUT2D eigenvalue weighted by Crippen LogP contribution is -2.48. The van der Waals surface area contributed by atoms with E-state index in [9.17, 15) is 8.42 Å². The van der Waals surface area contributed by atoms with Crippen molar-refractivity contribution in [2.24, 2.45) is 0 Å². The standard InChI is InChI=1S/C15H23NO4S/c1-10-6-14(19-5)15(7-11(10)2)21(17,18)16-8-12(3)20-13(4)9-16/h6-7,12-13H,8-9H2,1-5H3/t12-,13+. The molecule has 5 nitrogen and oxygen atoms in total. The molecule has 0 aromatic heterocycles. The van der Waals surface area contributed by atoms with Crippen molar-refractivity contribution in [3.05, 3.63) is 23.3 Å². The first-order valence-corrected chi connectivity index (χ1v) is 8.50. The Labute approximate surface area is 126 Å². The highest BCUT2D eigenvalue weighted by atomic mass is 32.2. The Hall–Kier alpha value is -1.11. The summed E-state index contributed by atoms with van der Waals surface area (Å²) in [6, 6.07) is 3.46. The number of nitrogens with zero attached hydrogens (tertiary/aromatic N) is 1. The maximum absolute atomic E-state index is 12.9. The summed E-state index contributed by atoms with van der Waals surface area (Å²) in [6.07, 6.45) is -0.220. The van der Waals surface area contributed by atoms with Gasteiger partial charge in [0, 0.05) is 13.1 Å². The van der Waals surface area contributed by atoms with Crippen molar-refractivity contribution in [2.75, 3.05) is 20.2 Å². The Bertz CT molecular complexity index is 617. The third kappa shape index (κ3) is 3.22. The molecule has 0 spiro atoms. The zero-order chi connectivity index (χ0) is 15.8. The van der Waals surface area contributed by atoms with Crippen LogP contribution in [0, 0.1) is 13.8 Å². The fraction of sp³-hybridized carbons (Fsp3) is 0.600. The molecule has 0 aliphatic carbocycles. The van der Waals surface area contributed by atoms with Gasteiger partial charge in [-0.1, -0.05) is 0 Å². The number of sulfonamides is 1. The molecule has 2 atom stereocenters. The predicted octanol–water partition coefficient (Wildman–Crippen LogP) is 2.11. The van der Waals surface area contributed by atoms with Crippen LogP contribution in [0.3, 0.4) is 0 Å². The molecule has 0 bridgehead atoms. The fourth-order valence-electron chi connectivity index (χ4n) is 2.59. The number of aryl methyl sites for hydroxylation is 2. The molecule has 0 unspecified atom stereocenters. The van der Waals surface area contributed by atoms with Crippen molar-refractivity contribution in [3.8, 4) is 5.75 Å². The number of hydrogen-bond acceptors (Lipinski definition) is 4. The normalized spacial score (nSPS) is 24.0. The van der Waals surface area contributed by atoms with Crippen LogP contribution in [0.2, 0.25) is 0 Å². The lowest BCUT2D eigenvalue weighted by molar-refractivity contribution is -0.0441. The fourth-order valence-corrected chi connectivity index (χ4v) is 4.40. The van der Waals surface area contributed by atoms with Crippen LogP contribution in [0.4, 0.5) is 0 Å². The Morgan fingerprint density at radius 2 is 1.67 bits per heavy atom. The Balaban J connectivity index is 2.46. The van der Waals surface area contributed by atoms with Crippen LogP contribution < -0.4 is 4.74 Å². The average Bonchev–Trinajstić information content (AvgIpc) is 2.40. The summed E-state index contributed by atoms with van der Waals surface area (Å²) in [5.41, 5.74) is 1.94. The lowest BCUT2D eigenvalue weighted by atomic mass is 10.1.